The third kappa shape index (κ3) is 2.71. The quantitative estimate of drug-likeness (QED) is 0.901. The van der Waals surface area contributed by atoms with E-state index in [1.807, 2.05) is 11.1 Å². The lowest BCUT2D eigenvalue weighted by Gasteiger charge is -2.49. The van der Waals surface area contributed by atoms with E-state index in [0.29, 0.717) is 5.92 Å². The molecule has 3 heterocycles. The van der Waals surface area contributed by atoms with Crippen LogP contribution in [0, 0.1) is 0 Å². The SMILES string of the molecule is C[C@]12CNCCN1CCN(c1ncc(C3CCCCC3)s1)C2=O. The number of anilines is 1. The molecule has 6 heteroatoms. The van der Waals surface area contributed by atoms with Crippen molar-refractivity contribution in [3.05, 3.63) is 11.1 Å². The molecule has 2 saturated heterocycles. The fourth-order valence-electron chi connectivity index (χ4n) is 4.25. The number of aromatic nitrogens is 1. The van der Waals surface area contributed by atoms with Gasteiger partial charge in [0.15, 0.2) is 5.13 Å². The van der Waals surface area contributed by atoms with Gasteiger partial charge in [-0.3, -0.25) is 14.6 Å². The van der Waals surface area contributed by atoms with E-state index in [0.717, 1.165) is 37.9 Å². The first kappa shape index (κ1) is 15.5. The van der Waals surface area contributed by atoms with Gasteiger partial charge in [0.05, 0.1) is 0 Å². The van der Waals surface area contributed by atoms with Gasteiger partial charge in [0, 0.05) is 43.8 Å². The number of nitrogens with one attached hydrogen (secondary N) is 1. The van der Waals surface area contributed by atoms with Gasteiger partial charge in [0.1, 0.15) is 5.54 Å². The fraction of sp³-hybridized carbons (Fsp3) is 0.765. The predicted octanol–water partition coefficient (Wildman–Crippen LogP) is 2.20. The van der Waals surface area contributed by atoms with Crippen molar-refractivity contribution in [3.63, 3.8) is 0 Å². The van der Waals surface area contributed by atoms with Gasteiger partial charge in [0.2, 0.25) is 5.91 Å². The Morgan fingerprint density at radius 2 is 2.09 bits per heavy atom. The summed E-state index contributed by atoms with van der Waals surface area (Å²) >= 11 is 1.74. The molecule has 2 aliphatic heterocycles. The molecule has 5 nitrogen and oxygen atoms in total. The van der Waals surface area contributed by atoms with Gasteiger partial charge in [-0.2, -0.15) is 0 Å². The second-order valence-corrected chi connectivity index (χ2v) is 8.32. The van der Waals surface area contributed by atoms with Gasteiger partial charge >= 0.3 is 0 Å². The van der Waals surface area contributed by atoms with Crippen molar-refractivity contribution in [3.8, 4) is 0 Å². The van der Waals surface area contributed by atoms with Gasteiger partial charge < -0.3 is 5.32 Å². The number of nitrogens with zero attached hydrogens (tertiary/aromatic N) is 3. The number of amides is 1. The van der Waals surface area contributed by atoms with E-state index < -0.39 is 5.54 Å². The van der Waals surface area contributed by atoms with Gasteiger partial charge in [-0.25, -0.2) is 4.98 Å². The van der Waals surface area contributed by atoms with Crippen LogP contribution in [0.5, 0.6) is 0 Å². The molecule has 4 rings (SSSR count). The number of hydrogen-bond acceptors (Lipinski definition) is 5. The summed E-state index contributed by atoms with van der Waals surface area (Å²) in [5.41, 5.74) is -0.410. The summed E-state index contributed by atoms with van der Waals surface area (Å²) in [7, 11) is 0. The predicted molar refractivity (Wildman–Crippen MR) is 93.1 cm³/mol. The first-order valence-corrected chi connectivity index (χ1v) is 9.73. The number of carbonyl (C=O) groups is 1. The number of thiazole rings is 1. The van der Waals surface area contributed by atoms with Crippen LogP contribution in [0.2, 0.25) is 0 Å². The molecule has 1 aliphatic carbocycles. The first-order valence-electron chi connectivity index (χ1n) is 8.92. The van der Waals surface area contributed by atoms with Crippen molar-refractivity contribution in [2.45, 2.75) is 50.5 Å². The molecule has 1 saturated carbocycles. The monoisotopic (exact) mass is 334 g/mol. The van der Waals surface area contributed by atoms with Crippen LogP contribution >= 0.6 is 11.3 Å². The Kier molecular flexibility index (Phi) is 4.15. The van der Waals surface area contributed by atoms with Crippen molar-refractivity contribution in [1.82, 2.24) is 15.2 Å². The highest BCUT2D eigenvalue weighted by molar-refractivity contribution is 7.15. The van der Waals surface area contributed by atoms with E-state index in [2.05, 4.69) is 22.1 Å². The van der Waals surface area contributed by atoms with Crippen LogP contribution in [0.15, 0.2) is 6.20 Å². The molecule has 0 bridgehead atoms. The average Bonchev–Trinajstić information content (AvgIpc) is 3.07. The molecule has 0 spiro atoms. The maximum atomic E-state index is 13.1. The topological polar surface area (TPSA) is 48.5 Å². The number of hydrogen-bond donors (Lipinski definition) is 1. The normalized spacial score (nSPS) is 30.5. The minimum absolute atomic E-state index is 0.209. The maximum absolute atomic E-state index is 13.1. The molecule has 126 valence electrons. The maximum Gasteiger partial charge on any atom is 0.250 e. The van der Waals surface area contributed by atoms with Crippen LogP contribution < -0.4 is 10.2 Å². The van der Waals surface area contributed by atoms with Gasteiger partial charge in [0.25, 0.3) is 0 Å². The molecule has 3 fully saturated rings. The fourth-order valence-corrected chi connectivity index (χ4v) is 5.36. The summed E-state index contributed by atoms with van der Waals surface area (Å²) in [4.78, 5) is 23.3. The Balaban J connectivity index is 1.54. The summed E-state index contributed by atoms with van der Waals surface area (Å²) in [6, 6.07) is 0. The Labute approximate surface area is 142 Å². The zero-order chi connectivity index (χ0) is 15.9. The minimum atomic E-state index is -0.410. The first-order chi connectivity index (χ1) is 11.2. The van der Waals surface area contributed by atoms with Crippen LogP contribution in [0.25, 0.3) is 0 Å². The third-order valence-electron chi connectivity index (χ3n) is 5.77. The minimum Gasteiger partial charge on any atom is -0.313 e. The lowest BCUT2D eigenvalue weighted by molar-refractivity contribution is -0.133. The van der Waals surface area contributed by atoms with Crippen molar-refractivity contribution in [1.29, 1.82) is 0 Å². The number of piperazine rings is 2. The highest BCUT2D eigenvalue weighted by Gasteiger charge is 2.47. The van der Waals surface area contributed by atoms with Crippen molar-refractivity contribution in [2.24, 2.45) is 0 Å². The second-order valence-electron chi connectivity index (χ2n) is 7.27. The Morgan fingerprint density at radius 3 is 2.91 bits per heavy atom. The molecule has 1 N–H and O–H groups in total. The molecule has 1 aromatic heterocycles. The van der Waals surface area contributed by atoms with E-state index in [9.17, 15) is 4.79 Å². The lowest BCUT2D eigenvalue weighted by Crippen LogP contribution is -2.71. The van der Waals surface area contributed by atoms with Crippen LogP contribution in [0.1, 0.15) is 49.8 Å². The second kappa shape index (κ2) is 6.15. The lowest BCUT2D eigenvalue weighted by atomic mass is 9.89. The van der Waals surface area contributed by atoms with Gasteiger partial charge in [-0.05, 0) is 25.7 Å². The standard InChI is InChI=1S/C17H26N4OS/c1-17-12-18-7-8-20(17)9-10-21(15(17)22)16-19-11-14(23-16)13-5-3-2-4-6-13/h11,13,18H,2-10,12H2,1H3/t17-/m1/s1. The van der Waals surface area contributed by atoms with Crippen LogP contribution in [0.3, 0.4) is 0 Å². The summed E-state index contributed by atoms with van der Waals surface area (Å²) in [5.74, 6) is 0.874. The third-order valence-corrected chi connectivity index (χ3v) is 6.96. The van der Waals surface area contributed by atoms with Crippen molar-refractivity contribution < 1.29 is 4.79 Å². The molecule has 0 aromatic carbocycles. The average molecular weight is 334 g/mol. The molecule has 3 aliphatic rings. The summed E-state index contributed by atoms with van der Waals surface area (Å²) in [5, 5.41) is 4.28. The number of rotatable bonds is 2. The van der Waals surface area contributed by atoms with E-state index in [1.165, 1.54) is 37.0 Å². The summed E-state index contributed by atoms with van der Waals surface area (Å²) < 4.78 is 0. The van der Waals surface area contributed by atoms with E-state index in [4.69, 9.17) is 0 Å². The number of carbonyl (C=O) groups excluding carboxylic acids is 1. The van der Waals surface area contributed by atoms with E-state index in [1.54, 1.807) is 11.3 Å². The van der Waals surface area contributed by atoms with Crippen LogP contribution in [0.4, 0.5) is 5.13 Å². The van der Waals surface area contributed by atoms with Crippen LogP contribution in [-0.4, -0.2) is 54.1 Å². The van der Waals surface area contributed by atoms with Gasteiger partial charge in [-0.1, -0.05) is 19.3 Å². The number of fused-ring (bicyclic) bond motifs is 1. The molecular weight excluding hydrogens is 308 g/mol. The van der Waals surface area contributed by atoms with Gasteiger partial charge in [-0.15, -0.1) is 11.3 Å². The molecule has 1 atom stereocenters. The Morgan fingerprint density at radius 1 is 1.26 bits per heavy atom. The largest absolute Gasteiger partial charge is 0.313 e. The molecule has 0 unspecified atom stereocenters. The molecule has 1 amide bonds. The van der Waals surface area contributed by atoms with Crippen molar-refractivity contribution in [2.75, 3.05) is 37.6 Å². The van der Waals surface area contributed by atoms with Crippen LogP contribution in [-0.2, 0) is 4.79 Å². The summed E-state index contributed by atoms with van der Waals surface area (Å²) in [6.07, 6.45) is 8.62. The Bertz CT molecular complexity index is 583. The molecule has 0 radical (unpaired) electrons. The van der Waals surface area contributed by atoms with E-state index in [-0.39, 0.29) is 5.91 Å². The summed E-state index contributed by atoms with van der Waals surface area (Å²) in [6.45, 7) is 6.47. The van der Waals surface area contributed by atoms with Crippen molar-refractivity contribution >= 4 is 22.4 Å². The Hall–Kier alpha value is -0.980. The smallest absolute Gasteiger partial charge is 0.250 e. The highest BCUT2D eigenvalue weighted by Crippen LogP contribution is 2.38. The highest BCUT2D eigenvalue weighted by atomic mass is 32.1. The van der Waals surface area contributed by atoms with E-state index >= 15 is 0 Å². The molecule has 1 aromatic rings. The molecule has 23 heavy (non-hydrogen) atoms. The zero-order valence-electron chi connectivity index (χ0n) is 13.9. The zero-order valence-corrected chi connectivity index (χ0v) is 14.7. The molecular formula is C17H26N4OS.